The van der Waals surface area contributed by atoms with E-state index in [1.807, 2.05) is 0 Å². The predicted octanol–water partition coefficient (Wildman–Crippen LogP) is -0.0992. The molecule has 8 N–H and O–H groups in total. The Morgan fingerprint density at radius 1 is 1.32 bits per heavy atom. The first-order valence-electron chi connectivity index (χ1n) is 10.4. The Balaban J connectivity index is 1.49. The van der Waals surface area contributed by atoms with Gasteiger partial charge in [-0.25, -0.2) is 19.2 Å². The highest BCUT2D eigenvalue weighted by molar-refractivity contribution is 8.01. The fourth-order valence-electron chi connectivity index (χ4n) is 3.45. The molecule has 2 aliphatic heterocycles. The third-order valence-electron chi connectivity index (χ3n) is 4.97. The van der Waals surface area contributed by atoms with Gasteiger partial charge in [-0.3, -0.25) is 14.5 Å². The number of hydrogen-bond acceptors (Lipinski definition) is 14. The van der Waals surface area contributed by atoms with Crippen molar-refractivity contribution >= 4 is 75.3 Å². The molecule has 2 aromatic rings. The summed E-state index contributed by atoms with van der Waals surface area (Å²) < 4.78 is 12.4. The quantitative estimate of drug-likeness (QED) is 0.0630. The van der Waals surface area contributed by atoms with Gasteiger partial charge in [0.1, 0.15) is 46.9 Å². The molecular weight excluding hydrogens is 549 g/mol. The topological polar surface area (TPSA) is 225 Å². The van der Waals surface area contributed by atoms with Gasteiger partial charge in [-0.1, -0.05) is 5.16 Å². The summed E-state index contributed by atoms with van der Waals surface area (Å²) in [5, 5.41) is 17.5. The minimum atomic E-state index is -1.28. The highest BCUT2D eigenvalue weighted by Crippen LogP contribution is 2.41. The molecule has 0 spiro atoms. The zero-order valence-electron chi connectivity index (χ0n) is 18.8. The molecule has 14 nitrogen and oxygen atoms in total. The lowest BCUT2D eigenvalue weighted by Gasteiger charge is -2.49. The number of nitrogens with one attached hydrogen (secondary N) is 1. The van der Waals surface area contributed by atoms with Crippen molar-refractivity contribution in [3.8, 4) is 0 Å². The molecule has 1 saturated heterocycles. The molecular formula is C19H20FN9O5S3. The summed E-state index contributed by atoms with van der Waals surface area (Å²) in [7, 11) is 0. The van der Waals surface area contributed by atoms with Crippen LogP contribution in [0, 0.1) is 0 Å². The van der Waals surface area contributed by atoms with Crippen LogP contribution in [0.25, 0.3) is 0 Å². The monoisotopic (exact) mass is 569 g/mol. The number of nitrogen functional groups attached to an aromatic ring is 3. The highest BCUT2D eigenvalue weighted by atomic mass is 32.2. The number of aromatic nitrogens is 3. The van der Waals surface area contributed by atoms with Crippen molar-refractivity contribution in [3.05, 3.63) is 28.4 Å². The van der Waals surface area contributed by atoms with Crippen LogP contribution in [-0.2, 0) is 19.2 Å². The van der Waals surface area contributed by atoms with Crippen LogP contribution in [-0.4, -0.2) is 84.7 Å². The first kappa shape index (κ1) is 26.4. The number of carboxylic acids is 1. The van der Waals surface area contributed by atoms with E-state index in [9.17, 15) is 23.9 Å². The summed E-state index contributed by atoms with van der Waals surface area (Å²) in [6, 6.07) is 0.484. The molecule has 18 heteroatoms. The minimum Gasteiger partial charge on any atom is -0.477 e. The summed E-state index contributed by atoms with van der Waals surface area (Å²) in [5.41, 5.74) is 17.0. The van der Waals surface area contributed by atoms with E-state index in [-0.39, 0.29) is 52.1 Å². The van der Waals surface area contributed by atoms with Crippen LogP contribution in [0.1, 0.15) is 5.69 Å². The van der Waals surface area contributed by atoms with Gasteiger partial charge >= 0.3 is 5.97 Å². The number of carboxylic acid groups (broad SMARTS) is 1. The number of rotatable bonds is 10. The van der Waals surface area contributed by atoms with Gasteiger partial charge in [-0.2, -0.15) is 4.98 Å². The molecule has 4 rings (SSSR count). The van der Waals surface area contributed by atoms with Crippen LogP contribution in [0.4, 0.5) is 21.3 Å². The molecule has 196 valence electrons. The smallest absolute Gasteiger partial charge is 0.352 e. The number of oxime groups is 1. The van der Waals surface area contributed by atoms with Crippen LogP contribution in [0.5, 0.6) is 0 Å². The second-order valence-electron chi connectivity index (χ2n) is 7.43. The number of nitrogens with two attached hydrogens (primary N) is 3. The maximum Gasteiger partial charge on any atom is 0.352 e. The van der Waals surface area contributed by atoms with Gasteiger partial charge in [-0.15, -0.1) is 34.9 Å². The average Bonchev–Trinajstić information content (AvgIpc) is 3.28. The van der Waals surface area contributed by atoms with Crippen molar-refractivity contribution in [1.82, 2.24) is 25.2 Å². The molecule has 0 aliphatic carbocycles. The number of amides is 2. The summed E-state index contributed by atoms with van der Waals surface area (Å²) in [6.45, 7) is -1.21. The standard InChI is InChI=1S/C19H20FN9O5S3/c20-1-2-34-28-11(8-6-37-19(23)24-8)14(30)27-12-15(31)29-13(17(32)33)7(5-36-16(12)29)4-35-10-3-9(21)25-18(22)26-10/h3,6,12,16H,1-2,4-5H2,(H2,23,24)(H,27,30)(H,32,33)(H4,21,22,25,26)/b28-11+/t12?,16-/m1/s1. The van der Waals surface area contributed by atoms with Crippen LogP contribution in [0.15, 0.2) is 32.9 Å². The first-order chi connectivity index (χ1) is 17.7. The van der Waals surface area contributed by atoms with E-state index in [0.29, 0.717) is 10.6 Å². The van der Waals surface area contributed by atoms with Crippen LogP contribution in [0.2, 0.25) is 0 Å². The third kappa shape index (κ3) is 5.70. The molecule has 2 aromatic heterocycles. The molecule has 1 unspecified atom stereocenters. The van der Waals surface area contributed by atoms with Crippen LogP contribution in [0.3, 0.4) is 0 Å². The van der Waals surface area contributed by atoms with Gasteiger partial charge in [0.15, 0.2) is 10.8 Å². The van der Waals surface area contributed by atoms with Gasteiger partial charge < -0.3 is 32.5 Å². The Kier molecular flexibility index (Phi) is 7.98. The van der Waals surface area contributed by atoms with Crippen molar-refractivity contribution in [2.75, 3.05) is 42.0 Å². The van der Waals surface area contributed by atoms with E-state index in [2.05, 4.69) is 25.4 Å². The molecule has 0 radical (unpaired) electrons. The molecule has 0 aromatic carbocycles. The summed E-state index contributed by atoms with van der Waals surface area (Å²) >= 11 is 3.55. The summed E-state index contributed by atoms with van der Waals surface area (Å²) in [4.78, 5) is 55.7. The molecule has 1 fully saturated rings. The van der Waals surface area contributed by atoms with E-state index in [1.54, 1.807) is 0 Å². The number of nitrogens with zero attached hydrogens (tertiary/aromatic N) is 5. The van der Waals surface area contributed by atoms with Crippen molar-refractivity contribution in [3.63, 3.8) is 0 Å². The fourth-order valence-corrected chi connectivity index (χ4v) is 6.39. The van der Waals surface area contributed by atoms with Gasteiger partial charge in [0.05, 0.1) is 0 Å². The predicted molar refractivity (Wildman–Crippen MR) is 136 cm³/mol. The number of aliphatic carboxylic acids is 1. The van der Waals surface area contributed by atoms with E-state index in [0.717, 1.165) is 16.2 Å². The van der Waals surface area contributed by atoms with Crippen LogP contribution >= 0.6 is 34.9 Å². The van der Waals surface area contributed by atoms with Crippen molar-refractivity contribution in [1.29, 1.82) is 0 Å². The molecule has 0 bridgehead atoms. The Morgan fingerprint density at radius 2 is 2.11 bits per heavy atom. The Labute approximate surface area is 220 Å². The number of hydrogen-bond donors (Lipinski definition) is 5. The lowest BCUT2D eigenvalue weighted by atomic mass is 10.0. The lowest BCUT2D eigenvalue weighted by molar-refractivity contribution is -0.150. The second-order valence-corrected chi connectivity index (χ2v) is 10.4. The Bertz CT molecular complexity index is 1280. The highest BCUT2D eigenvalue weighted by Gasteiger charge is 2.54. The van der Waals surface area contributed by atoms with Crippen molar-refractivity contribution in [2.24, 2.45) is 5.16 Å². The maximum atomic E-state index is 13.0. The SMILES string of the molecule is Nc1cc(SCC2=C(C(=O)O)N3C(=O)C(NC(=O)/C(=N/OCCF)c4csc(N)n4)[C@H]3SC2)nc(N)n1. The minimum absolute atomic E-state index is 0.0112. The van der Waals surface area contributed by atoms with E-state index < -0.39 is 35.9 Å². The lowest BCUT2D eigenvalue weighted by Crippen LogP contribution is -2.71. The molecule has 4 heterocycles. The molecule has 37 heavy (non-hydrogen) atoms. The summed E-state index contributed by atoms with van der Waals surface area (Å²) in [6.07, 6.45) is 0. The van der Waals surface area contributed by atoms with Crippen molar-refractivity contribution in [2.45, 2.75) is 16.4 Å². The maximum absolute atomic E-state index is 13.0. The fraction of sp³-hybridized carbons (Fsp3) is 0.316. The Hall–Kier alpha value is -3.64. The molecule has 2 aliphatic rings. The van der Waals surface area contributed by atoms with Gasteiger partial charge in [0.25, 0.3) is 11.8 Å². The third-order valence-corrected chi connectivity index (χ3v) is 7.99. The van der Waals surface area contributed by atoms with Crippen LogP contribution < -0.4 is 22.5 Å². The van der Waals surface area contributed by atoms with E-state index in [1.165, 1.54) is 35.0 Å². The summed E-state index contributed by atoms with van der Waals surface area (Å²) in [5.74, 6) is -2.02. The normalized spacial score (nSPS) is 19.3. The Morgan fingerprint density at radius 3 is 2.76 bits per heavy atom. The van der Waals surface area contributed by atoms with E-state index in [4.69, 9.17) is 22.0 Å². The first-order valence-corrected chi connectivity index (χ1v) is 13.3. The zero-order valence-corrected chi connectivity index (χ0v) is 21.2. The zero-order chi connectivity index (χ0) is 26.7. The largest absolute Gasteiger partial charge is 0.477 e. The number of alkyl halides is 1. The van der Waals surface area contributed by atoms with Gasteiger partial charge in [0, 0.05) is 23.0 Å². The van der Waals surface area contributed by atoms with Crippen molar-refractivity contribution < 1.29 is 28.7 Å². The second kappa shape index (κ2) is 11.2. The molecule has 2 amide bonds. The van der Waals surface area contributed by atoms with E-state index >= 15 is 0 Å². The molecule has 0 saturated carbocycles. The number of thioether (sulfide) groups is 2. The number of carbonyl (C=O) groups excluding carboxylic acids is 2. The average molecular weight is 570 g/mol. The van der Waals surface area contributed by atoms with Gasteiger partial charge in [-0.05, 0) is 5.57 Å². The number of β-lactam (4-membered cyclic amide) rings is 1. The number of anilines is 3. The number of halogens is 1. The number of fused-ring (bicyclic) bond motifs is 1. The van der Waals surface area contributed by atoms with Gasteiger partial charge in [0.2, 0.25) is 5.95 Å². The number of carbonyl (C=O) groups is 3. The molecule has 2 atom stereocenters. The number of thiazole rings is 1.